The highest BCUT2D eigenvalue weighted by molar-refractivity contribution is 5.76. The van der Waals surface area contributed by atoms with E-state index in [0.29, 0.717) is 17.9 Å². The van der Waals surface area contributed by atoms with Gasteiger partial charge in [0, 0.05) is 11.1 Å². The Morgan fingerprint density at radius 1 is 1.05 bits per heavy atom. The molecule has 104 valence electrons. The van der Waals surface area contributed by atoms with E-state index < -0.39 is 5.97 Å². The van der Waals surface area contributed by atoms with Crippen LogP contribution in [0.3, 0.4) is 0 Å². The van der Waals surface area contributed by atoms with Gasteiger partial charge in [-0.1, -0.05) is 36.4 Å². The lowest BCUT2D eigenvalue weighted by Crippen LogP contribution is -2.14. The molecule has 0 unspecified atom stereocenters. The van der Waals surface area contributed by atoms with Crippen LogP contribution in [0, 0.1) is 0 Å². The Morgan fingerprint density at radius 2 is 1.70 bits per heavy atom. The standard InChI is InChI=1S/C16H16O4/c1-2-19-16(18)11-20-15-10-6-4-8-13(15)12-7-3-5-9-14(12)17/h3-10,17H,2,11H2,1H3. The Bertz CT molecular complexity index is 593. The van der Waals surface area contributed by atoms with Crippen LogP contribution in [0.2, 0.25) is 0 Å². The minimum atomic E-state index is -0.417. The van der Waals surface area contributed by atoms with E-state index in [4.69, 9.17) is 9.47 Å². The van der Waals surface area contributed by atoms with Gasteiger partial charge < -0.3 is 14.6 Å². The number of rotatable bonds is 5. The van der Waals surface area contributed by atoms with Crippen molar-refractivity contribution in [2.75, 3.05) is 13.2 Å². The topological polar surface area (TPSA) is 55.8 Å². The molecule has 2 rings (SSSR count). The summed E-state index contributed by atoms with van der Waals surface area (Å²) in [7, 11) is 0. The quantitative estimate of drug-likeness (QED) is 0.850. The zero-order valence-electron chi connectivity index (χ0n) is 11.2. The van der Waals surface area contributed by atoms with Gasteiger partial charge >= 0.3 is 5.97 Å². The van der Waals surface area contributed by atoms with Gasteiger partial charge in [0.2, 0.25) is 0 Å². The number of esters is 1. The second-order valence-corrected chi connectivity index (χ2v) is 4.11. The maximum atomic E-state index is 11.3. The van der Waals surface area contributed by atoms with Gasteiger partial charge in [0.15, 0.2) is 6.61 Å². The number of carbonyl (C=O) groups excluding carboxylic acids is 1. The lowest BCUT2D eigenvalue weighted by atomic mass is 10.0. The molecule has 0 aliphatic rings. The van der Waals surface area contributed by atoms with Crippen LogP contribution in [0.5, 0.6) is 11.5 Å². The molecular formula is C16H16O4. The van der Waals surface area contributed by atoms with Crippen LogP contribution in [0.25, 0.3) is 11.1 Å². The summed E-state index contributed by atoms with van der Waals surface area (Å²) in [6.45, 7) is 1.91. The summed E-state index contributed by atoms with van der Waals surface area (Å²) in [4.78, 5) is 11.3. The molecule has 0 atom stereocenters. The molecule has 2 aromatic carbocycles. The molecule has 0 aliphatic heterocycles. The molecule has 0 bridgehead atoms. The molecule has 4 nitrogen and oxygen atoms in total. The Kier molecular flexibility index (Phi) is 4.60. The molecule has 20 heavy (non-hydrogen) atoms. The second kappa shape index (κ2) is 6.61. The molecule has 0 aliphatic carbocycles. The van der Waals surface area contributed by atoms with Crippen molar-refractivity contribution in [3.05, 3.63) is 48.5 Å². The minimum absolute atomic E-state index is 0.154. The van der Waals surface area contributed by atoms with Gasteiger partial charge in [-0.25, -0.2) is 4.79 Å². The van der Waals surface area contributed by atoms with E-state index in [1.165, 1.54) is 0 Å². The molecular weight excluding hydrogens is 256 g/mol. The number of para-hydroxylation sites is 2. The van der Waals surface area contributed by atoms with E-state index in [-0.39, 0.29) is 12.4 Å². The van der Waals surface area contributed by atoms with E-state index in [2.05, 4.69) is 0 Å². The van der Waals surface area contributed by atoms with Crippen molar-refractivity contribution in [3.8, 4) is 22.6 Å². The number of benzene rings is 2. The summed E-state index contributed by atoms with van der Waals surface area (Å²) < 4.78 is 10.3. The van der Waals surface area contributed by atoms with Crippen molar-refractivity contribution in [2.45, 2.75) is 6.92 Å². The maximum absolute atomic E-state index is 11.3. The van der Waals surface area contributed by atoms with Gasteiger partial charge in [-0.2, -0.15) is 0 Å². The average molecular weight is 272 g/mol. The molecule has 4 heteroatoms. The fraction of sp³-hybridized carbons (Fsp3) is 0.188. The number of ether oxygens (including phenoxy) is 2. The highest BCUT2D eigenvalue weighted by Crippen LogP contribution is 2.35. The third-order valence-corrected chi connectivity index (χ3v) is 2.73. The number of hydrogen-bond donors (Lipinski definition) is 1. The molecule has 1 N–H and O–H groups in total. The van der Waals surface area contributed by atoms with Crippen molar-refractivity contribution in [1.82, 2.24) is 0 Å². The molecule has 0 heterocycles. The maximum Gasteiger partial charge on any atom is 0.344 e. The van der Waals surface area contributed by atoms with Crippen molar-refractivity contribution in [2.24, 2.45) is 0 Å². The van der Waals surface area contributed by atoms with E-state index in [9.17, 15) is 9.90 Å². The lowest BCUT2D eigenvalue weighted by Gasteiger charge is -2.12. The Hall–Kier alpha value is -2.49. The van der Waals surface area contributed by atoms with Crippen LogP contribution in [-0.4, -0.2) is 24.3 Å². The zero-order chi connectivity index (χ0) is 14.4. The summed E-state index contributed by atoms with van der Waals surface area (Å²) in [5.41, 5.74) is 1.39. The second-order valence-electron chi connectivity index (χ2n) is 4.11. The predicted molar refractivity (Wildman–Crippen MR) is 75.7 cm³/mol. The number of phenolic OH excluding ortho intramolecular Hbond substituents is 1. The Labute approximate surface area is 117 Å². The molecule has 0 saturated carbocycles. The molecule has 0 spiro atoms. The predicted octanol–water partition coefficient (Wildman–Crippen LogP) is 3.00. The first-order valence-corrected chi connectivity index (χ1v) is 6.38. The average Bonchev–Trinajstić information content (AvgIpc) is 2.46. The van der Waals surface area contributed by atoms with Gasteiger partial charge in [-0.15, -0.1) is 0 Å². The lowest BCUT2D eigenvalue weighted by molar-refractivity contribution is -0.145. The van der Waals surface area contributed by atoms with Crippen molar-refractivity contribution >= 4 is 5.97 Å². The number of hydrogen-bond acceptors (Lipinski definition) is 4. The van der Waals surface area contributed by atoms with E-state index in [1.807, 2.05) is 24.3 Å². The van der Waals surface area contributed by atoms with E-state index >= 15 is 0 Å². The number of carbonyl (C=O) groups is 1. The van der Waals surface area contributed by atoms with Gasteiger partial charge in [-0.05, 0) is 19.1 Å². The van der Waals surface area contributed by atoms with Crippen LogP contribution in [0.15, 0.2) is 48.5 Å². The summed E-state index contributed by atoms with van der Waals surface area (Å²) in [6.07, 6.45) is 0. The fourth-order valence-corrected chi connectivity index (χ4v) is 1.86. The first-order valence-electron chi connectivity index (χ1n) is 6.38. The van der Waals surface area contributed by atoms with Crippen molar-refractivity contribution in [3.63, 3.8) is 0 Å². The van der Waals surface area contributed by atoms with Crippen LogP contribution in [0.4, 0.5) is 0 Å². The smallest absolute Gasteiger partial charge is 0.344 e. The number of aromatic hydroxyl groups is 1. The Morgan fingerprint density at radius 3 is 2.40 bits per heavy atom. The normalized spacial score (nSPS) is 10.1. The molecule has 0 saturated heterocycles. The van der Waals surface area contributed by atoms with Gasteiger partial charge in [0.25, 0.3) is 0 Å². The zero-order valence-corrected chi connectivity index (χ0v) is 11.2. The van der Waals surface area contributed by atoms with Gasteiger partial charge in [-0.3, -0.25) is 0 Å². The molecule has 0 radical (unpaired) electrons. The van der Waals surface area contributed by atoms with Crippen LogP contribution in [-0.2, 0) is 9.53 Å². The summed E-state index contributed by atoms with van der Waals surface area (Å²) in [5, 5.41) is 9.90. The van der Waals surface area contributed by atoms with Crippen molar-refractivity contribution in [1.29, 1.82) is 0 Å². The molecule has 0 fully saturated rings. The van der Waals surface area contributed by atoms with E-state index in [0.717, 1.165) is 5.56 Å². The largest absolute Gasteiger partial charge is 0.507 e. The van der Waals surface area contributed by atoms with Gasteiger partial charge in [0.05, 0.1) is 6.61 Å². The highest BCUT2D eigenvalue weighted by atomic mass is 16.6. The van der Waals surface area contributed by atoms with Gasteiger partial charge in [0.1, 0.15) is 11.5 Å². The summed E-state index contributed by atoms with van der Waals surface area (Å²) >= 11 is 0. The van der Waals surface area contributed by atoms with Crippen LogP contribution < -0.4 is 4.74 Å². The van der Waals surface area contributed by atoms with E-state index in [1.54, 1.807) is 31.2 Å². The monoisotopic (exact) mass is 272 g/mol. The fourth-order valence-electron chi connectivity index (χ4n) is 1.86. The third kappa shape index (κ3) is 3.29. The van der Waals surface area contributed by atoms with Crippen LogP contribution in [0.1, 0.15) is 6.92 Å². The summed E-state index contributed by atoms with van der Waals surface area (Å²) in [5.74, 6) is 0.279. The molecule has 0 aromatic heterocycles. The first kappa shape index (κ1) is 13.9. The Balaban J connectivity index is 2.23. The minimum Gasteiger partial charge on any atom is -0.507 e. The number of phenols is 1. The summed E-state index contributed by atoms with van der Waals surface area (Å²) in [6, 6.07) is 14.2. The van der Waals surface area contributed by atoms with Crippen LogP contribution >= 0.6 is 0 Å². The molecule has 2 aromatic rings. The highest BCUT2D eigenvalue weighted by Gasteiger charge is 2.11. The SMILES string of the molecule is CCOC(=O)COc1ccccc1-c1ccccc1O. The van der Waals surface area contributed by atoms with Crippen molar-refractivity contribution < 1.29 is 19.4 Å². The third-order valence-electron chi connectivity index (χ3n) is 2.73. The molecule has 0 amide bonds. The first-order chi connectivity index (χ1) is 9.72.